The minimum absolute atomic E-state index is 0.119. The van der Waals surface area contributed by atoms with Gasteiger partial charge in [-0.05, 0) is 81.6 Å². The SMILES string of the molecule is Cc1cccc(-n2ncc(C(=O)N3CCN(c4cc(C)ccc4C)CC3)c2C2CCNCC2)c1. The number of nitrogens with one attached hydrogen (secondary N) is 1. The minimum atomic E-state index is 0.119. The van der Waals surface area contributed by atoms with E-state index < -0.39 is 0 Å². The van der Waals surface area contributed by atoms with Crippen LogP contribution in [-0.2, 0) is 0 Å². The predicted molar refractivity (Wildman–Crippen MR) is 137 cm³/mol. The summed E-state index contributed by atoms with van der Waals surface area (Å²) in [5, 5.41) is 8.20. The summed E-state index contributed by atoms with van der Waals surface area (Å²) in [6, 6.07) is 15.0. The van der Waals surface area contributed by atoms with Crippen LogP contribution in [0.4, 0.5) is 5.69 Å². The Kier molecular flexibility index (Phi) is 6.42. The fourth-order valence-electron chi connectivity index (χ4n) is 5.36. The standard InChI is InChI=1S/C28H35N5O/c1-20-5-4-6-24(17-20)33-27(23-9-11-29-12-10-23)25(19-30-33)28(34)32-15-13-31(14-16-32)26-18-21(2)7-8-22(26)3/h4-8,17-19,23,29H,9-16H2,1-3H3. The zero-order valence-corrected chi connectivity index (χ0v) is 20.6. The van der Waals surface area contributed by atoms with Gasteiger partial charge in [-0.2, -0.15) is 5.10 Å². The number of nitrogens with zero attached hydrogens (tertiary/aromatic N) is 4. The first-order chi connectivity index (χ1) is 16.5. The maximum Gasteiger partial charge on any atom is 0.257 e. The van der Waals surface area contributed by atoms with Gasteiger partial charge >= 0.3 is 0 Å². The van der Waals surface area contributed by atoms with Crippen LogP contribution in [0.1, 0.15) is 51.5 Å². The van der Waals surface area contributed by atoms with E-state index in [4.69, 9.17) is 5.10 Å². The van der Waals surface area contributed by atoms with Gasteiger partial charge in [-0.15, -0.1) is 0 Å². The van der Waals surface area contributed by atoms with E-state index in [-0.39, 0.29) is 5.91 Å². The molecule has 0 aliphatic carbocycles. The summed E-state index contributed by atoms with van der Waals surface area (Å²) >= 11 is 0. The molecule has 178 valence electrons. The molecule has 6 heteroatoms. The van der Waals surface area contributed by atoms with E-state index >= 15 is 0 Å². The van der Waals surface area contributed by atoms with E-state index in [1.54, 1.807) is 6.20 Å². The van der Waals surface area contributed by atoms with Crippen molar-refractivity contribution in [2.45, 2.75) is 39.5 Å². The summed E-state index contributed by atoms with van der Waals surface area (Å²) in [4.78, 5) is 18.2. The molecule has 5 rings (SSSR count). The number of aromatic nitrogens is 2. The normalized spacial score (nSPS) is 17.3. The predicted octanol–water partition coefficient (Wildman–Crippen LogP) is 4.23. The number of amides is 1. The molecule has 0 spiro atoms. The Morgan fingerprint density at radius 2 is 1.68 bits per heavy atom. The van der Waals surface area contributed by atoms with Gasteiger partial charge in [0.25, 0.3) is 5.91 Å². The maximum atomic E-state index is 13.8. The summed E-state index contributed by atoms with van der Waals surface area (Å²) in [5.41, 5.74) is 7.93. The van der Waals surface area contributed by atoms with Crippen molar-refractivity contribution in [3.63, 3.8) is 0 Å². The van der Waals surface area contributed by atoms with Gasteiger partial charge in [0.05, 0.1) is 23.1 Å². The van der Waals surface area contributed by atoms with Crippen LogP contribution in [0.3, 0.4) is 0 Å². The average Bonchev–Trinajstić information content (AvgIpc) is 3.31. The fraction of sp³-hybridized carbons (Fsp3) is 0.429. The van der Waals surface area contributed by atoms with Crippen molar-refractivity contribution < 1.29 is 4.79 Å². The number of aryl methyl sites for hydroxylation is 3. The summed E-state index contributed by atoms with van der Waals surface area (Å²) < 4.78 is 2.02. The number of piperazine rings is 1. The number of piperidine rings is 1. The van der Waals surface area contributed by atoms with Crippen LogP contribution < -0.4 is 10.2 Å². The van der Waals surface area contributed by atoms with E-state index in [1.807, 2.05) is 9.58 Å². The van der Waals surface area contributed by atoms with Crippen LogP contribution in [-0.4, -0.2) is 59.9 Å². The smallest absolute Gasteiger partial charge is 0.257 e. The van der Waals surface area contributed by atoms with Crippen LogP contribution in [0.5, 0.6) is 0 Å². The third-order valence-electron chi connectivity index (χ3n) is 7.28. The largest absolute Gasteiger partial charge is 0.368 e. The molecule has 0 atom stereocenters. The lowest BCUT2D eigenvalue weighted by Crippen LogP contribution is -2.49. The first kappa shape index (κ1) is 22.7. The highest BCUT2D eigenvalue weighted by Gasteiger charge is 2.31. The minimum Gasteiger partial charge on any atom is -0.368 e. The van der Waals surface area contributed by atoms with Gasteiger partial charge in [0.15, 0.2) is 0 Å². The van der Waals surface area contributed by atoms with Crippen molar-refractivity contribution in [2.75, 3.05) is 44.2 Å². The third kappa shape index (κ3) is 4.47. The fourth-order valence-corrected chi connectivity index (χ4v) is 5.36. The molecule has 2 aliphatic heterocycles. The van der Waals surface area contributed by atoms with Crippen molar-refractivity contribution >= 4 is 11.6 Å². The number of hydrogen-bond acceptors (Lipinski definition) is 4. The Morgan fingerprint density at radius 1 is 0.941 bits per heavy atom. The molecule has 6 nitrogen and oxygen atoms in total. The molecule has 0 bridgehead atoms. The number of carbonyl (C=O) groups excluding carboxylic acids is 1. The highest BCUT2D eigenvalue weighted by Crippen LogP contribution is 2.31. The maximum absolute atomic E-state index is 13.8. The molecule has 2 fully saturated rings. The summed E-state index contributed by atoms with van der Waals surface area (Å²) in [6.45, 7) is 11.5. The van der Waals surface area contributed by atoms with Gasteiger partial charge in [-0.1, -0.05) is 24.3 Å². The Labute approximate surface area is 202 Å². The monoisotopic (exact) mass is 457 g/mol. The summed E-state index contributed by atoms with van der Waals surface area (Å²) in [7, 11) is 0. The molecule has 3 aromatic rings. The number of hydrogen-bond donors (Lipinski definition) is 1. The highest BCUT2D eigenvalue weighted by atomic mass is 16.2. The van der Waals surface area contributed by atoms with Crippen molar-refractivity contribution in [3.05, 3.63) is 76.6 Å². The molecule has 1 amide bonds. The topological polar surface area (TPSA) is 53.4 Å². The molecule has 1 aromatic heterocycles. The van der Waals surface area contributed by atoms with E-state index in [2.05, 4.69) is 73.5 Å². The van der Waals surface area contributed by atoms with Gasteiger partial charge in [-0.3, -0.25) is 4.79 Å². The Morgan fingerprint density at radius 3 is 2.41 bits per heavy atom. The van der Waals surface area contributed by atoms with E-state index in [0.29, 0.717) is 5.92 Å². The van der Waals surface area contributed by atoms with Gasteiger partial charge in [-0.25, -0.2) is 4.68 Å². The summed E-state index contributed by atoms with van der Waals surface area (Å²) in [6.07, 6.45) is 3.86. The second-order valence-electron chi connectivity index (χ2n) is 9.79. The number of rotatable bonds is 4. The van der Waals surface area contributed by atoms with Gasteiger partial charge in [0, 0.05) is 37.8 Å². The second-order valence-corrected chi connectivity index (χ2v) is 9.79. The lowest BCUT2D eigenvalue weighted by atomic mass is 9.91. The van der Waals surface area contributed by atoms with E-state index in [9.17, 15) is 4.79 Å². The molecule has 2 aromatic carbocycles. The molecule has 0 saturated carbocycles. The van der Waals surface area contributed by atoms with Gasteiger partial charge in [0.2, 0.25) is 0 Å². The molecule has 0 radical (unpaired) electrons. The summed E-state index contributed by atoms with van der Waals surface area (Å²) in [5.74, 6) is 0.451. The van der Waals surface area contributed by atoms with Crippen LogP contribution in [0.2, 0.25) is 0 Å². The zero-order chi connectivity index (χ0) is 23.7. The number of benzene rings is 2. The van der Waals surface area contributed by atoms with E-state index in [0.717, 1.165) is 69.1 Å². The quantitative estimate of drug-likeness (QED) is 0.637. The lowest BCUT2D eigenvalue weighted by molar-refractivity contribution is 0.0744. The molecule has 34 heavy (non-hydrogen) atoms. The molecule has 1 N–H and O–H groups in total. The van der Waals surface area contributed by atoms with Crippen LogP contribution in [0.15, 0.2) is 48.7 Å². The first-order valence-corrected chi connectivity index (χ1v) is 12.5. The van der Waals surface area contributed by atoms with Crippen molar-refractivity contribution in [1.82, 2.24) is 20.0 Å². The highest BCUT2D eigenvalue weighted by molar-refractivity contribution is 5.95. The van der Waals surface area contributed by atoms with Crippen LogP contribution in [0, 0.1) is 20.8 Å². The number of anilines is 1. The molecule has 0 unspecified atom stereocenters. The van der Waals surface area contributed by atoms with Gasteiger partial charge < -0.3 is 15.1 Å². The Balaban J connectivity index is 1.40. The zero-order valence-electron chi connectivity index (χ0n) is 20.6. The third-order valence-corrected chi connectivity index (χ3v) is 7.28. The first-order valence-electron chi connectivity index (χ1n) is 12.5. The van der Waals surface area contributed by atoms with Crippen molar-refractivity contribution in [2.24, 2.45) is 0 Å². The molecular weight excluding hydrogens is 422 g/mol. The van der Waals surface area contributed by atoms with Crippen molar-refractivity contribution in [3.8, 4) is 5.69 Å². The Hall–Kier alpha value is -3.12. The molecule has 2 aliphatic rings. The number of carbonyl (C=O) groups is 1. The van der Waals surface area contributed by atoms with Crippen LogP contribution >= 0.6 is 0 Å². The lowest BCUT2D eigenvalue weighted by Gasteiger charge is -2.37. The van der Waals surface area contributed by atoms with E-state index in [1.165, 1.54) is 22.4 Å². The van der Waals surface area contributed by atoms with Gasteiger partial charge in [0.1, 0.15) is 0 Å². The Bertz CT molecular complexity index is 1170. The average molecular weight is 458 g/mol. The van der Waals surface area contributed by atoms with Crippen LogP contribution in [0.25, 0.3) is 5.69 Å². The molecular formula is C28H35N5O. The molecule has 2 saturated heterocycles. The molecule has 3 heterocycles. The second kappa shape index (κ2) is 9.63. The van der Waals surface area contributed by atoms with Crippen molar-refractivity contribution in [1.29, 1.82) is 0 Å².